The van der Waals surface area contributed by atoms with Gasteiger partial charge < -0.3 is 10.1 Å². The van der Waals surface area contributed by atoms with E-state index in [4.69, 9.17) is 16.3 Å². The lowest BCUT2D eigenvalue weighted by atomic mass is 10.1. The number of halogens is 1. The average molecular weight is 443 g/mol. The smallest absolute Gasteiger partial charge is 0.261 e. The van der Waals surface area contributed by atoms with Crippen LogP contribution in [-0.4, -0.2) is 14.3 Å². The van der Waals surface area contributed by atoms with Crippen LogP contribution in [0.2, 0.25) is 5.02 Å². The number of aryl methyl sites for hydroxylation is 1. The molecule has 154 valence electrons. The Bertz CT molecular complexity index is 1220. The Kier molecular flexibility index (Phi) is 5.40. The molecule has 0 saturated heterocycles. The minimum Gasteiger partial charge on any atom is -0.454 e. The maximum atomic E-state index is 12.7. The molecule has 3 aromatic rings. The Morgan fingerprint density at radius 3 is 2.47 bits per heavy atom. The first-order valence-electron chi connectivity index (χ1n) is 9.40. The van der Waals surface area contributed by atoms with Gasteiger partial charge in [0.2, 0.25) is 0 Å². The van der Waals surface area contributed by atoms with Crippen molar-refractivity contribution in [2.45, 2.75) is 24.7 Å². The molecule has 1 aliphatic rings. The third kappa shape index (κ3) is 4.13. The van der Waals surface area contributed by atoms with Crippen LogP contribution in [0, 0.1) is 0 Å². The number of fused-ring (bicyclic) bond motifs is 2. The Balaban J connectivity index is 1.61. The van der Waals surface area contributed by atoms with Crippen LogP contribution in [0.4, 0.5) is 11.4 Å². The van der Waals surface area contributed by atoms with E-state index < -0.39 is 15.9 Å². The Hall–Kier alpha value is -3.03. The molecule has 2 N–H and O–H groups in total. The molecule has 8 heteroatoms. The predicted molar refractivity (Wildman–Crippen MR) is 117 cm³/mol. The maximum absolute atomic E-state index is 12.7. The standard InChI is InChI=1S/C22H19ClN2O4S/c1-2-3-14-4-8-17(9-5-14)30(27,28)25-16-7-11-20-18(13-16)22(26)24-19-12-15(23)6-10-21(19)29-20/h4-13,25H,2-3H2,1H3,(H,24,26). The highest BCUT2D eigenvalue weighted by atomic mass is 35.5. The Morgan fingerprint density at radius 2 is 1.73 bits per heavy atom. The van der Waals surface area contributed by atoms with Crippen molar-refractivity contribution < 1.29 is 17.9 Å². The molecule has 0 unspecified atom stereocenters. The summed E-state index contributed by atoms with van der Waals surface area (Å²) in [5.74, 6) is 0.350. The molecule has 0 aliphatic carbocycles. The zero-order valence-corrected chi connectivity index (χ0v) is 17.7. The van der Waals surface area contributed by atoms with Crippen LogP contribution in [0.25, 0.3) is 0 Å². The number of carbonyl (C=O) groups excluding carboxylic acids is 1. The van der Waals surface area contributed by atoms with Crippen LogP contribution in [0.15, 0.2) is 65.6 Å². The number of nitrogens with one attached hydrogen (secondary N) is 2. The summed E-state index contributed by atoms with van der Waals surface area (Å²) >= 11 is 5.99. The highest BCUT2D eigenvalue weighted by Gasteiger charge is 2.23. The van der Waals surface area contributed by atoms with Gasteiger partial charge in [-0.25, -0.2) is 8.42 Å². The molecular formula is C22H19ClN2O4S. The second kappa shape index (κ2) is 8.01. The van der Waals surface area contributed by atoms with Crippen molar-refractivity contribution in [2.24, 2.45) is 0 Å². The number of benzene rings is 3. The van der Waals surface area contributed by atoms with Crippen molar-refractivity contribution in [3.05, 3.63) is 76.8 Å². The van der Waals surface area contributed by atoms with Gasteiger partial charge in [-0.2, -0.15) is 0 Å². The number of amides is 1. The van der Waals surface area contributed by atoms with Gasteiger partial charge in [0, 0.05) is 10.7 Å². The molecule has 0 fully saturated rings. The molecule has 0 spiro atoms. The molecule has 0 saturated carbocycles. The zero-order chi connectivity index (χ0) is 21.3. The number of ether oxygens (including phenoxy) is 1. The van der Waals surface area contributed by atoms with Crippen molar-refractivity contribution in [1.82, 2.24) is 0 Å². The second-order valence-electron chi connectivity index (χ2n) is 6.91. The lowest BCUT2D eigenvalue weighted by molar-refractivity contribution is 0.102. The Labute approximate surface area is 179 Å². The van der Waals surface area contributed by atoms with E-state index in [9.17, 15) is 13.2 Å². The quantitative estimate of drug-likeness (QED) is 0.550. The fraction of sp³-hybridized carbons (Fsp3) is 0.136. The van der Waals surface area contributed by atoms with Gasteiger partial charge in [-0.05, 0) is 60.5 Å². The number of anilines is 2. The van der Waals surface area contributed by atoms with Gasteiger partial charge in [0.05, 0.1) is 16.1 Å². The molecule has 6 nitrogen and oxygen atoms in total. The molecule has 1 heterocycles. The molecule has 0 bridgehead atoms. The lowest BCUT2D eigenvalue weighted by Gasteiger charge is -2.11. The molecule has 3 aromatic carbocycles. The number of sulfonamides is 1. The number of carbonyl (C=O) groups is 1. The molecule has 0 radical (unpaired) electrons. The first-order valence-corrected chi connectivity index (χ1v) is 11.3. The normalized spacial score (nSPS) is 12.8. The number of rotatable bonds is 5. The van der Waals surface area contributed by atoms with Gasteiger partial charge in [-0.1, -0.05) is 37.1 Å². The van der Waals surface area contributed by atoms with Crippen molar-refractivity contribution in [3.8, 4) is 11.5 Å². The van der Waals surface area contributed by atoms with E-state index in [0.29, 0.717) is 22.2 Å². The Morgan fingerprint density at radius 1 is 1.00 bits per heavy atom. The largest absolute Gasteiger partial charge is 0.454 e. The predicted octanol–water partition coefficient (Wildman–Crippen LogP) is 5.45. The van der Waals surface area contributed by atoms with E-state index >= 15 is 0 Å². The van der Waals surface area contributed by atoms with E-state index in [-0.39, 0.29) is 16.1 Å². The molecule has 1 amide bonds. The summed E-state index contributed by atoms with van der Waals surface area (Å²) in [6, 6.07) is 16.2. The maximum Gasteiger partial charge on any atom is 0.261 e. The number of hydrogen-bond donors (Lipinski definition) is 2. The second-order valence-corrected chi connectivity index (χ2v) is 9.03. The third-order valence-corrected chi connectivity index (χ3v) is 6.29. The van der Waals surface area contributed by atoms with Gasteiger partial charge in [0.25, 0.3) is 15.9 Å². The lowest BCUT2D eigenvalue weighted by Crippen LogP contribution is -2.15. The zero-order valence-electron chi connectivity index (χ0n) is 16.1. The minimum atomic E-state index is -3.80. The van der Waals surface area contributed by atoms with Crippen LogP contribution in [0.1, 0.15) is 29.3 Å². The SMILES string of the molecule is CCCc1ccc(S(=O)(=O)Nc2ccc3c(c2)C(=O)Nc2cc(Cl)ccc2O3)cc1. The van der Waals surface area contributed by atoms with E-state index in [2.05, 4.69) is 17.0 Å². The van der Waals surface area contributed by atoms with Crippen molar-refractivity contribution in [1.29, 1.82) is 0 Å². The van der Waals surface area contributed by atoms with Gasteiger partial charge in [0.1, 0.15) is 5.75 Å². The van der Waals surface area contributed by atoms with E-state index in [1.54, 1.807) is 54.6 Å². The van der Waals surface area contributed by atoms with Gasteiger partial charge >= 0.3 is 0 Å². The summed E-state index contributed by atoms with van der Waals surface area (Å²) < 4.78 is 33.8. The van der Waals surface area contributed by atoms with Crippen LogP contribution >= 0.6 is 11.6 Å². The summed E-state index contributed by atoms with van der Waals surface area (Å²) in [5.41, 5.74) is 1.99. The average Bonchev–Trinajstić information content (AvgIpc) is 2.84. The minimum absolute atomic E-state index is 0.153. The summed E-state index contributed by atoms with van der Waals surface area (Å²) in [7, 11) is -3.80. The van der Waals surface area contributed by atoms with Gasteiger partial charge in [-0.3, -0.25) is 9.52 Å². The van der Waals surface area contributed by atoms with E-state index in [1.165, 1.54) is 6.07 Å². The molecule has 0 atom stereocenters. The monoisotopic (exact) mass is 442 g/mol. The van der Waals surface area contributed by atoms with E-state index in [1.807, 2.05) is 0 Å². The topological polar surface area (TPSA) is 84.5 Å². The molecule has 30 heavy (non-hydrogen) atoms. The highest BCUT2D eigenvalue weighted by molar-refractivity contribution is 7.92. The van der Waals surface area contributed by atoms with Crippen LogP contribution in [-0.2, 0) is 16.4 Å². The van der Waals surface area contributed by atoms with Crippen molar-refractivity contribution in [2.75, 3.05) is 10.0 Å². The molecular weight excluding hydrogens is 424 g/mol. The fourth-order valence-electron chi connectivity index (χ4n) is 3.19. The van der Waals surface area contributed by atoms with Gasteiger partial charge in [0.15, 0.2) is 5.75 Å². The third-order valence-electron chi connectivity index (χ3n) is 4.66. The number of hydrogen-bond acceptors (Lipinski definition) is 4. The van der Waals surface area contributed by atoms with E-state index in [0.717, 1.165) is 18.4 Å². The highest BCUT2D eigenvalue weighted by Crippen LogP contribution is 2.38. The van der Waals surface area contributed by atoms with Crippen LogP contribution < -0.4 is 14.8 Å². The molecule has 4 rings (SSSR count). The summed E-state index contributed by atoms with van der Waals surface area (Å²) in [5, 5.41) is 3.19. The molecule has 0 aromatic heterocycles. The summed E-state index contributed by atoms with van der Waals surface area (Å²) in [6.07, 6.45) is 1.88. The first-order chi connectivity index (χ1) is 14.4. The van der Waals surface area contributed by atoms with Crippen molar-refractivity contribution in [3.63, 3.8) is 0 Å². The first kappa shape index (κ1) is 20.3. The molecule has 1 aliphatic heterocycles. The fourth-order valence-corrected chi connectivity index (χ4v) is 4.42. The summed E-state index contributed by atoms with van der Waals surface area (Å²) in [4.78, 5) is 12.8. The summed E-state index contributed by atoms with van der Waals surface area (Å²) in [6.45, 7) is 2.07. The van der Waals surface area contributed by atoms with Crippen LogP contribution in [0.5, 0.6) is 11.5 Å². The van der Waals surface area contributed by atoms with Crippen LogP contribution in [0.3, 0.4) is 0 Å². The van der Waals surface area contributed by atoms with Crippen molar-refractivity contribution >= 4 is 38.9 Å². The van der Waals surface area contributed by atoms with Gasteiger partial charge in [-0.15, -0.1) is 0 Å².